The lowest BCUT2D eigenvalue weighted by Gasteiger charge is -2.42. The number of carbonyl (C=O) groups excluding carboxylic acids is 6. The molecule has 3 fully saturated rings. The fourth-order valence-corrected chi connectivity index (χ4v) is 10.8. The summed E-state index contributed by atoms with van der Waals surface area (Å²) in [6.45, 7) is 13.9. The van der Waals surface area contributed by atoms with Crippen LogP contribution in [-0.4, -0.2) is 159 Å². The number of aliphatic hydroxyl groups is 2. The highest BCUT2D eigenvalue weighted by Crippen LogP contribution is 2.38. The number of ketones is 3. The van der Waals surface area contributed by atoms with Crippen LogP contribution in [-0.2, 0) is 57.1 Å². The molecule has 0 spiro atoms. The number of alkyl carbamates (subject to hydrolysis) is 1. The van der Waals surface area contributed by atoms with Crippen molar-refractivity contribution in [2.75, 3.05) is 54.2 Å². The van der Waals surface area contributed by atoms with Gasteiger partial charge in [0.05, 0.1) is 31.5 Å². The fraction of sp³-hybridized carbons (Fsp3) is 0.750. The van der Waals surface area contributed by atoms with E-state index < -0.39 is 102 Å². The van der Waals surface area contributed by atoms with Crippen molar-refractivity contribution in [2.45, 2.75) is 180 Å². The van der Waals surface area contributed by atoms with Crippen molar-refractivity contribution in [3.63, 3.8) is 0 Å². The molecular formula is C56H89N3O15. The van der Waals surface area contributed by atoms with E-state index in [1.54, 1.807) is 48.0 Å². The van der Waals surface area contributed by atoms with Gasteiger partial charge in [0, 0.05) is 71.6 Å². The molecule has 0 aromatic carbocycles. The lowest BCUT2D eigenvalue weighted by atomic mass is 9.78. The summed E-state index contributed by atoms with van der Waals surface area (Å²) in [6.07, 6.45) is 9.95. The average molecular weight is 1040 g/mol. The number of allylic oxidation sites excluding steroid dienone is 6. The van der Waals surface area contributed by atoms with Gasteiger partial charge in [-0.05, 0) is 107 Å². The molecule has 418 valence electrons. The van der Waals surface area contributed by atoms with E-state index in [0.29, 0.717) is 89.5 Å². The van der Waals surface area contributed by atoms with E-state index in [2.05, 4.69) is 5.32 Å². The van der Waals surface area contributed by atoms with Gasteiger partial charge < -0.3 is 59.3 Å². The Labute approximate surface area is 439 Å². The number of aliphatic hydroxyl groups excluding tert-OH is 1. The van der Waals surface area contributed by atoms with Crippen LogP contribution in [0.3, 0.4) is 0 Å². The standard InChI is InChI=1S/C56H89N3O15/c1-34-16-12-11-13-17-35(2)46(68-8)32-42-21-19-40(7)56(67,74-42)52(63)53(64)59-25-15-14-18-43(59)54(65)72-47(33-44(60)36(3)29-39(6)50(62)51(70-10)49(61)38(5)28-34)37(4)30-41-20-22-45(48(31-41)69-9)73-55(66)58-24-27-71-26-23-57/h11-13,16-17,29,34,36-38,40-43,45-48,50-51,62,67H,14-15,18-28,30-33,57H2,1-10H3,(H,58,66)/b13-11+,16-12-,35-17+,39-29+/t34-,36-,37-,38-,40-,41?,42+,43+,45+,46+,47+,48+,50-,51+,56-/m1/s1. The number of cyclic esters (lactones) is 1. The number of amides is 2. The largest absolute Gasteiger partial charge is 0.460 e. The summed E-state index contributed by atoms with van der Waals surface area (Å²) in [5.41, 5.74) is 6.70. The smallest absolute Gasteiger partial charge is 0.407 e. The van der Waals surface area contributed by atoms with Gasteiger partial charge in [0.25, 0.3) is 11.7 Å². The van der Waals surface area contributed by atoms with E-state index in [1.807, 2.05) is 51.2 Å². The van der Waals surface area contributed by atoms with E-state index in [-0.39, 0.29) is 49.3 Å². The van der Waals surface area contributed by atoms with Crippen LogP contribution in [0, 0.1) is 35.5 Å². The lowest BCUT2D eigenvalue weighted by Crippen LogP contribution is -2.61. The van der Waals surface area contributed by atoms with Gasteiger partial charge >= 0.3 is 12.1 Å². The lowest BCUT2D eigenvalue weighted by molar-refractivity contribution is -0.265. The Bertz CT molecular complexity index is 1990. The van der Waals surface area contributed by atoms with Gasteiger partial charge in [-0.15, -0.1) is 0 Å². The minimum atomic E-state index is -2.46. The van der Waals surface area contributed by atoms with Crippen LogP contribution in [0.4, 0.5) is 4.79 Å². The van der Waals surface area contributed by atoms with Crippen molar-refractivity contribution in [3.8, 4) is 0 Å². The molecule has 74 heavy (non-hydrogen) atoms. The second-order valence-corrected chi connectivity index (χ2v) is 21.3. The second-order valence-electron chi connectivity index (χ2n) is 21.3. The number of piperidine rings is 1. The van der Waals surface area contributed by atoms with Gasteiger partial charge in [-0.2, -0.15) is 0 Å². The third-order valence-corrected chi connectivity index (χ3v) is 15.5. The summed E-state index contributed by atoms with van der Waals surface area (Å²) < 4.78 is 40.8. The predicted octanol–water partition coefficient (Wildman–Crippen LogP) is 5.89. The molecule has 1 aliphatic carbocycles. The molecule has 1 unspecified atom stereocenters. The summed E-state index contributed by atoms with van der Waals surface area (Å²) in [5, 5.41) is 26.2. The topological polar surface area (TPSA) is 249 Å². The zero-order valence-electron chi connectivity index (χ0n) is 45.8. The van der Waals surface area contributed by atoms with Crippen LogP contribution in [0.15, 0.2) is 47.6 Å². The summed E-state index contributed by atoms with van der Waals surface area (Å²) in [5.74, 6) is -8.37. The number of hydrogen-bond acceptors (Lipinski definition) is 16. The van der Waals surface area contributed by atoms with E-state index in [9.17, 15) is 39.0 Å². The van der Waals surface area contributed by atoms with Gasteiger partial charge in [0.1, 0.15) is 36.2 Å². The minimum Gasteiger partial charge on any atom is -0.460 e. The first-order valence-corrected chi connectivity index (χ1v) is 26.9. The van der Waals surface area contributed by atoms with Crippen LogP contribution in [0.2, 0.25) is 0 Å². The van der Waals surface area contributed by atoms with Gasteiger partial charge in [0.2, 0.25) is 5.79 Å². The number of fused-ring (bicyclic) bond motifs is 3. The zero-order chi connectivity index (χ0) is 54.7. The number of esters is 1. The molecule has 2 bridgehead atoms. The number of Topliss-reactive ketones (excluding diaryl/α,β-unsaturated/α-hetero) is 3. The molecule has 1 saturated carbocycles. The Morgan fingerprint density at radius 3 is 2.32 bits per heavy atom. The SMILES string of the molecule is CO[C@H]1C[C@@H]2CC[C@@H](C)[C@@](O)(O2)C(=O)C(=O)N2CCCC[C@H]2C(=O)O[C@H]([C@H](C)CC2CC[C@H](OC(=O)NCCOCCN)[C@@H](OC)C2)CC(=O)[C@H](C)/C=C(\C)[C@@H](O)[C@@H](OC)C(=O)[C@H](C)C[C@H](C)\C=C/C=C/C=C/1C. The number of nitrogens with zero attached hydrogens (tertiary/aromatic N) is 1. The Kier molecular flexibility index (Phi) is 25.8. The number of methoxy groups -OCH3 is 3. The summed E-state index contributed by atoms with van der Waals surface area (Å²) in [4.78, 5) is 85.1. The zero-order valence-corrected chi connectivity index (χ0v) is 45.8. The Balaban J connectivity index is 1.66. The maximum absolute atomic E-state index is 14.6. The van der Waals surface area contributed by atoms with Crippen molar-refractivity contribution in [2.24, 2.45) is 41.2 Å². The van der Waals surface area contributed by atoms with Crippen LogP contribution >= 0.6 is 0 Å². The number of ether oxygens (including phenoxy) is 7. The van der Waals surface area contributed by atoms with E-state index >= 15 is 0 Å². The number of rotatable bonds is 12. The quantitative estimate of drug-likeness (QED) is 0.0770. The average Bonchev–Trinajstić information content (AvgIpc) is 3.37. The molecule has 3 heterocycles. The van der Waals surface area contributed by atoms with Crippen molar-refractivity contribution in [1.29, 1.82) is 0 Å². The highest BCUT2D eigenvalue weighted by Gasteiger charge is 2.53. The first-order chi connectivity index (χ1) is 35.2. The predicted molar refractivity (Wildman–Crippen MR) is 277 cm³/mol. The van der Waals surface area contributed by atoms with Gasteiger partial charge in [0.15, 0.2) is 5.78 Å². The molecule has 18 heteroatoms. The molecule has 0 radical (unpaired) electrons. The number of hydrogen-bond donors (Lipinski definition) is 4. The van der Waals surface area contributed by atoms with Gasteiger partial charge in [-0.3, -0.25) is 19.2 Å². The Hall–Kier alpha value is -4.14. The minimum absolute atomic E-state index is 0.00132. The Morgan fingerprint density at radius 2 is 1.64 bits per heavy atom. The summed E-state index contributed by atoms with van der Waals surface area (Å²) in [7, 11) is 4.50. The fourth-order valence-electron chi connectivity index (χ4n) is 10.8. The van der Waals surface area contributed by atoms with Crippen molar-refractivity contribution in [1.82, 2.24) is 10.2 Å². The summed E-state index contributed by atoms with van der Waals surface area (Å²) >= 11 is 0. The molecule has 0 aromatic rings. The van der Waals surface area contributed by atoms with Gasteiger partial charge in [-0.1, -0.05) is 71.1 Å². The summed E-state index contributed by atoms with van der Waals surface area (Å²) in [6, 6.07) is -1.18. The molecular weight excluding hydrogens is 955 g/mol. The molecule has 3 aliphatic heterocycles. The number of nitrogens with two attached hydrogens (primary N) is 1. The highest BCUT2D eigenvalue weighted by atomic mass is 16.6. The molecule has 15 atom stereocenters. The molecule has 4 aliphatic rings. The van der Waals surface area contributed by atoms with Crippen molar-refractivity contribution >= 4 is 35.3 Å². The van der Waals surface area contributed by atoms with Crippen LogP contribution < -0.4 is 11.1 Å². The normalized spacial score (nSPS) is 36.8. The number of nitrogens with one attached hydrogen (secondary N) is 1. The van der Waals surface area contributed by atoms with E-state index in [1.165, 1.54) is 12.0 Å². The van der Waals surface area contributed by atoms with E-state index in [0.717, 1.165) is 5.57 Å². The van der Waals surface area contributed by atoms with Crippen LogP contribution in [0.25, 0.3) is 0 Å². The number of carbonyl (C=O) groups is 6. The first kappa shape index (κ1) is 62.4. The molecule has 5 N–H and O–H groups in total. The monoisotopic (exact) mass is 1040 g/mol. The second kappa shape index (κ2) is 30.6. The van der Waals surface area contributed by atoms with Crippen LogP contribution in [0.5, 0.6) is 0 Å². The highest BCUT2D eigenvalue weighted by molar-refractivity contribution is 6.39. The molecule has 2 amide bonds. The maximum Gasteiger partial charge on any atom is 0.407 e. The molecule has 4 rings (SSSR count). The first-order valence-electron chi connectivity index (χ1n) is 26.9. The van der Waals surface area contributed by atoms with E-state index in [4.69, 9.17) is 38.9 Å². The molecule has 0 aromatic heterocycles. The van der Waals surface area contributed by atoms with Crippen LogP contribution in [0.1, 0.15) is 126 Å². The van der Waals surface area contributed by atoms with Crippen molar-refractivity contribution in [3.05, 3.63) is 47.6 Å². The third kappa shape index (κ3) is 17.7. The third-order valence-electron chi connectivity index (χ3n) is 15.5. The van der Waals surface area contributed by atoms with Crippen molar-refractivity contribution < 1.29 is 72.1 Å². The molecule has 2 saturated heterocycles. The maximum atomic E-state index is 14.6. The Morgan fingerprint density at radius 1 is 0.892 bits per heavy atom. The molecule has 18 nitrogen and oxygen atoms in total. The van der Waals surface area contributed by atoms with Gasteiger partial charge in [-0.25, -0.2) is 9.59 Å².